The van der Waals surface area contributed by atoms with Gasteiger partial charge in [0.05, 0.1) is 11.5 Å². The molecule has 1 N–H and O–H groups in total. The molecule has 3 aromatic rings. The van der Waals surface area contributed by atoms with Gasteiger partial charge in [0.2, 0.25) is 0 Å². The van der Waals surface area contributed by atoms with Crippen molar-refractivity contribution in [3.63, 3.8) is 0 Å². The van der Waals surface area contributed by atoms with Crippen molar-refractivity contribution in [3.05, 3.63) is 36.0 Å². The summed E-state index contributed by atoms with van der Waals surface area (Å²) in [4.78, 5) is 17.5. The maximum absolute atomic E-state index is 15.9. The van der Waals surface area contributed by atoms with E-state index in [9.17, 15) is 14.8 Å². The number of phenolic OH excluding ortho intramolecular Hbond substituents is 1. The molecule has 0 aliphatic carbocycles. The van der Waals surface area contributed by atoms with Gasteiger partial charge in [-0.05, 0) is 63.4 Å². The summed E-state index contributed by atoms with van der Waals surface area (Å²) in [6.45, 7) is 2.67. The molecule has 0 unspecified atom stereocenters. The first-order chi connectivity index (χ1) is 17.4. The Morgan fingerprint density at radius 2 is 2.03 bits per heavy atom. The average Bonchev–Trinajstić information content (AvgIpc) is 3.29. The Morgan fingerprint density at radius 1 is 1.19 bits per heavy atom. The number of likely N-dealkylation sites (N-methyl/N-ethyl adjacent to an activating group) is 1. The van der Waals surface area contributed by atoms with Crippen molar-refractivity contribution >= 4 is 16.7 Å². The lowest BCUT2D eigenvalue weighted by molar-refractivity contribution is 0.188. The second-order valence-electron chi connectivity index (χ2n) is 9.58. The lowest BCUT2D eigenvalue weighted by atomic mass is 9.95. The fourth-order valence-corrected chi connectivity index (χ4v) is 5.12. The van der Waals surface area contributed by atoms with Gasteiger partial charge >= 0.3 is 6.01 Å². The third kappa shape index (κ3) is 4.75. The third-order valence-corrected chi connectivity index (χ3v) is 7.12. The number of fused-ring (bicyclic) bond motifs is 1. The van der Waals surface area contributed by atoms with Crippen LogP contribution in [0.5, 0.6) is 11.8 Å². The highest BCUT2D eigenvalue weighted by Gasteiger charge is 2.27. The van der Waals surface area contributed by atoms with Crippen LogP contribution in [-0.4, -0.2) is 64.3 Å². The molecule has 8 nitrogen and oxygen atoms in total. The Hall–Kier alpha value is -3.58. The lowest BCUT2D eigenvalue weighted by Gasteiger charge is -2.33. The molecule has 5 rings (SSSR count). The first-order valence-corrected chi connectivity index (χ1v) is 12.2. The number of likely N-dealkylation sites (tertiary alicyclic amines) is 1. The normalized spacial score (nSPS) is 20.6. The molecule has 188 valence electrons. The van der Waals surface area contributed by atoms with Crippen molar-refractivity contribution in [2.75, 3.05) is 38.2 Å². The van der Waals surface area contributed by atoms with E-state index in [1.54, 1.807) is 0 Å². The average molecular weight is 495 g/mol. The first-order valence-electron chi connectivity index (χ1n) is 12.2. The lowest BCUT2D eigenvalue weighted by Crippen LogP contribution is -2.36. The molecular weight excluding hydrogens is 466 g/mol. The number of halogens is 2. The number of aromatic hydroxyl groups is 1. The number of anilines is 1. The molecule has 1 aromatic carbocycles. The number of nitriles is 1. The van der Waals surface area contributed by atoms with Crippen molar-refractivity contribution in [1.29, 1.82) is 5.26 Å². The molecule has 0 spiro atoms. The molecule has 2 aliphatic heterocycles. The Bertz CT molecular complexity index is 1310. The molecule has 2 aliphatic rings. The molecular formula is C26H28F2N6O2. The molecule has 0 saturated carbocycles. The summed E-state index contributed by atoms with van der Waals surface area (Å²) in [5.74, 6) is -1.04. The summed E-state index contributed by atoms with van der Waals surface area (Å²) in [5.41, 5.74) is -0.426. The van der Waals surface area contributed by atoms with Crippen molar-refractivity contribution < 1.29 is 18.6 Å². The van der Waals surface area contributed by atoms with Crippen molar-refractivity contribution in [2.24, 2.45) is 5.92 Å². The minimum atomic E-state index is -0.811. The molecule has 36 heavy (non-hydrogen) atoms. The predicted molar refractivity (Wildman–Crippen MR) is 131 cm³/mol. The van der Waals surface area contributed by atoms with Crippen LogP contribution in [0.25, 0.3) is 22.2 Å². The van der Waals surface area contributed by atoms with Crippen LogP contribution in [0.15, 0.2) is 24.4 Å². The number of benzene rings is 1. The maximum Gasteiger partial charge on any atom is 0.319 e. The number of rotatable bonds is 6. The van der Waals surface area contributed by atoms with Gasteiger partial charge in [-0.15, -0.1) is 0 Å². The van der Waals surface area contributed by atoms with Crippen molar-refractivity contribution in [1.82, 2.24) is 19.9 Å². The molecule has 0 bridgehead atoms. The summed E-state index contributed by atoms with van der Waals surface area (Å²) in [6, 6.07) is 5.91. The zero-order valence-corrected chi connectivity index (χ0v) is 20.1. The Kier molecular flexibility index (Phi) is 6.83. The minimum absolute atomic E-state index is 0.0232. The van der Waals surface area contributed by atoms with Crippen LogP contribution in [0.2, 0.25) is 0 Å². The molecule has 2 atom stereocenters. The first kappa shape index (κ1) is 24.1. The molecule has 0 radical (unpaired) electrons. The summed E-state index contributed by atoms with van der Waals surface area (Å²) < 4.78 is 36.4. The van der Waals surface area contributed by atoms with Crippen molar-refractivity contribution in [2.45, 2.75) is 38.1 Å². The monoisotopic (exact) mass is 494 g/mol. The number of pyridine rings is 1. The van der Waals surface area contributed by atoms with Gasteiger partial charge in [0.1, 0.15) is 35.2 Å². The van der Waals surface area contributed by atoms with Crippen LogP contribution in [0.4, 0.5) is 14.6 Å². The van der Waals surface area contributed by atoms with Gasteiger partial charge in [-0.1, -0.05) is 0 Å². The number of phenols is 1. The molecule has 2 saturated heterocycles. The van der Waals surface area contributed by atoms with Crippen LogP contribution in [0, 0.1) is 28.9 Å². The van der Waals surface area contributed by atoms with Gasteiger partial charge in [-0.3, -0.25) is 4.98 Å². The van der Waals surface area contributed by atoms with E-state index in [0.717, 1.165) is 44.4 Å². The van der Waals surface area contributed by atoms with E-state index in [2.05, 4.69) is 25.9 Å². The second-order valence-corrected chi connectivity index (χ2v) is 9.58. The van der Waals surface area contributed by atoms with E-state index in [1.165, 1.54) is 12.3 Å². The third-order valence-electron chi connectivity index (χ3n) is 7.12. The summed E-state index contributed by atoms with van der Waals surface area (Å²) in [6.07, 6.45) is 5.78. The maximum atomic E-state index is 15.9. The fraction of sp³-hybridized carbons (Fsp3) is 0.462. The van der Waals surface area contributed by atoms with Gasteiger partial charge in [0, 0.05) is 37.3 Å². The quantitative estimate of drug-likeness (QED) is 0.542. The van der Waals surface area contributed by atoms with Gasteiger partial charge in [-0.2, -0.15) is 15.2 Å². The number of hydrogen-bond donors (Lipinski definition) is 1. The van der Waals surface area contributed by atoms with E-state index < -0.39 is 11.6 Å². The van der Waals surface area contributed by atoms with E-state index in [0.29, 0.717) is 37.3 Å². The zero-order chi connectivity index (χ0) is 25.2. The van der Waals surface area contributed by atoms with E-state index in [-0.39, 0.29) is 40.5 Å². The highest BCUT2D eigenvalue weighted by Crippen LogP contribution is 2.35. The number of hydrogen-bond acceptors (Lipinski definition) is 8. The Morgan fingerprint density at radius 3 is 2.81 bits per heavy atom. The largest absolute Gasteiger partial charge is 0.508 e. The fourth-order valence-electron chi connectivity index (χ4n) is 5.12. The van der Waals surface area contributed by atoms with Crippen LogP contribution < -0.4 is 9.64 Å². The number of nitrogens with zero attached hydrogens (tertiary/aromatic N) is 6. The molecule has 2 aromatic heterocycles. The second kappa shape index (κ2) is 10.2. The van der Waals surface area contributed by atoms with E-state index >= 15 is 4.39 Å². The van der Waals surface area contributed by atoms with Gasteiger partial charge in [0.25, 0.3) is 0 Å². The highest BCUT2D eigenvalue weighted by molar-refractivity contribution is 5.92. The standard InChI is InChI=1S/C26H28F2N6O2/c1-33-10-3-5-17(33)15-36-26-31-24-20(25(32-26)34-11-2-4-16(14-34)8-9-29)13-30-23(22(24)28)19-12-18(35)6-7-21(19)27/h6-7,12-13,16-17,35H,2-5,8,10-11,14-15H2,1H3/t16-,17-/m0/s1. The van der Waals surface area contributed by atoms with Gasteiger partial charge in [0.15, 0.2) is 5.82 Å². The Balaban J connectivity index is 1.58. The summed E-state index contributed by atoms with van der Waals surface area (Å²) in [7, 11) is 2.04. The van der Waals surface area contributed by atoms with Gasteiger partial charge < -0.3 is 19.6 Å². The zero-order valence-electron chi connectivity index (χ0n) is 20.1. The minimum Gasteiger partial charge on any atom is -0.508 e. The molecule has 10 heteroatoms. The van der Waals surface area contributed by atoms with Crippen LogP contribution >= 0.6 is 0 Å². The number of ether oxygens (including phenoxy) is 1. The molecule has 4 heterocycles. The topological polar surface area (TPSA) is 98.4 Å². The summed E-state index contributed by atoms with van der Waals surface area (Å²) in [5, 5.41) is 19.4. The number of piperidine rings is 1. The summed E-state index contributed by atoms with van der Waals surface area (Å²) >= 11 is 0. The highest BCUT2D eigenvalue weighted by atomic mass is 19.1. The van der Waals surface area contributed by atoms with E-state index in [1.807, 2.05) is 11.9 Å². The van der Waals surface area contributed by atoms with Crippen LogP contribution in [-0.2, 0) is 0 Å². The smallest absolute Gasteiger partial charge is 0.319 e. The Labute approximate surface area is 208 Å². The van der Waals surface area contributed by atoms with Crippen LogP contribution in [0.1, 0.15) is 32.1 Å². The van der Waals surface area contributed by atoms with Gasteiger partial charge in [-0.25, -0.2) is 8.78 Å². The SMILES string of the molecule is CN1CCC[C@H]1COc1nc(N2CCC[C@@H](CC#N)C2)c2cnc(-c3cc(O)ccc3F)c(F)c2n1. The molecule has 2 fully saturated rings. The van der Waals surface area contributed by atoms with Crippen LogP contribution in [0.3, 0.4) is 0 Å². The van der Waals surface area contributed by atoms with Crippen molar-refractivity contribution in [3.8, 4) is 29.1 Å². The van der Waals surface area contributed by atoms with E-state index in [4.69, 9.17) is 4.74 Å². The number of aromatic nitrogens is 3. The predicted octanol–water partition coefficient (Wildman–Crippen LogP) is 4.28. The molecule has 0 amide bonds.